The number of likely N-dealkylation sites (N-methyl/N-ethyl adjacent to an activating group) is 1. The third-order valence-electron chi connectivity index (χ3n) is 6.50. The van der Waals surface area contributed by atoms with Gasteiger partial charge in [-0.1, -0.05) is 36.8 Å². The van der Waals surface area contributed by atoms with Crippen molar-refractivity contribution < 1.29 is 9.53 Å². The van der Waals surface area contributed by atoms with Gasteiger partial charge in [-0.3, -0.25) is 4.79 Å². The molecule has 1 aromatic rings. The molecular weight excluding hydrogens is 467 g/mol. The molecule has 0 radical (unpaired) electrons. The zero-order valence-corrected chi connectivity index (χ0v) is 19.0. The quantitative estimate of drug-likeness (QED) is 0.372. The molecule has 1 spiro atoms. The molecule has 2 aliphatic carbocycles. The Bertz CT molecular complexity index is 706. The van der Waals surface area contributed by atoms with Gasteiger partial charge in [0.05, 0.1) is 19.2 Å². The maximum atomic E-state index is 12.0. The highest BCUT2D eigenvalue weighted by molar-refractivity contribution is 14.0. The van der Waals surface area contributed by atoms with Crippen molar-refractivity contribution in [1.82, 2.24) is 15.5 Å². The van der Waals surface area contributed by atoms with Crippen molar-refractivity contribution in [2.45, 2.75) is 44.4 Å². The Hall–Kier alpha value is -1.35. The summed E-state index contributed by atoms with van der Waals surface area (Å²) in [6.45, 7) is 1.72. The number of benzene rings is 1. The highest BCUT2D eigenvalue weighted by atomic mass is 127. The van der Waals surface area contributed by atoms with Gasteiger partial charge in [0.25, 0.3) is 0 Å². The standard InChI is InChI=1S/C21H30N4O2.HI/c1-25(2)17(26)14-23-20(22-13-15-7-4-3-5-8-15)24-18-16-9-12-27-19(16)21(18)10-6-11-21;/h3-5,7-8,16,18-19H,6,9-14H2,1-2H3,(H2,22,23,24);1H. The topological polar surface area (TPSA) is 66.0 Å². The van der Waals surface area contributed by atoms with Gasteiger partial charge in [0.15, 0.2) is 5.96 Å². The summed E-state index contributed by atoms with van der Waals surface area (Å²) in [5.41, 5.74) is 1.44. The lowest BCUT2D eigenvalue weighted by Gasteiger charge is -2.63. The number of carbonyl (C=O) groups excluding carboxylic acids is 1. The van der Waals surface area contributed by atoms with Gasteiger partial charge in [0.1, 0.15) is 0 Å². The van der Waals surface area contributed by atoms with E-state index in [1.165, 1.54) is 19.3 Å². The van der Waals surface area contributed by atoms with Crippen molar-refractivity contribution in [2.24, 2.45) is 16.3 Å². The largest absolute Gasteiger partial charge is 0.377 e. The van der Waals surface area contributed by atoms with Gasteiger partial charge in [0.2, 0.25) is 5.91 Å². The minimum absolute atomic E-state index is 0. The first-order valence-electron chi connectivity index (χ1n) is 10.0. The molecular formula is C21H31IN4O2. The Kier molecular flexibility index (Phi) is 6.85. The first kappa shape index (κ1) is 21.4. The number of hydrogen-bond donors (Lipinski definition) is 2. The maximum Gasteiger partial charge on any atom is 0.241 e. The number of guanidine groups is 1. The van der Waals surface area contributed by atoms with E-state index in [0.29, 0.717) is 24.6 Å². The molecule has 0 aromatic heterocycles. The van der Waals surface area contributed by atoms with Gasteiger partial charge in [0, 0.05) is 38.1 Å². The molecule has 1 amide bonds. The summed E-state index contributed by atoms with van der Waals surface area (Å²) < 4.78 is 6.02. The number of hydrogen-bond acceptors (Lipinski definition) is 3. The summed E-state index contributed by atoms with van der Waals surface area (Å²) in [5, 5.41) is 6.91. The van der Waals surface area contributed by atoms with Crippen molar-refractivity contribution in [1.29, 1.82) is 0 Å². The van der Waals surface area contributed by atoms with Crippen molar-refractivity contribution in [2.75, 3.05) is 27.2 Å². The van der Waals surface area contributed by atoms with Gasteiger partial charge in [-0.2, -0.15) is 0 Å². The Morgan fingerprint density at radius 1 is 1.29 bits per heavy atom. The fourth-order valence-electron chi connectivity index (χ4n) is 4.83. The van der Waals surface area contributed by atoms with E-state index in [1.807, 2.05) is 18.2 Å². The van der Waals surface area contributed by atoms with Crippen LogP contribution in [0.2, 0.25) is 0 Å². The van der Waals surface area contributed by atoms with Crippen molar-refractivity contribution >= 4 is 35.8 Å². The van der Waals surface area contributed by atoms with E-state index in [-0.39, 0.29) is 41.8 Å². The van der Waals surface area contributed by atoms with Crippen LogP contribution in [-0.4, -0.2) is 56.2 Å². The second-order valence-corrected chi connectivity index (χ2v) is 8.24. The molecule has 1 saturated heterocycles. The first-order chi connectivity index (χ1) is 13.1. The van der Waals surface area contributed by atoms with Gasteiger partial charge in [-0.15, -0.1) is 24.0 Å². The number of nitrogens with zero attached hydrogens (tertiary/aromatic N) is 2. The number of amides is 1. The van der Waals surface area contributed by atoms with Crippen LogP contribution in [0.4, 0.5) is 0 Å². The molecule has 1 aliphatic heterocycles. The molecule has 3 atom stereocenters. The Labute approximate surface area is 184 Å². The molecule has 2 saturated carbocycles. The molecule has 3 aliphatic rings. The van der Waals surface area contributed by atoms with Gasteiger partial charge >= 0.3 is 0 Å². The number of fused-ring (bicyclic) bond motifs is 2. The van der Waals surface area contributed by atoms with E-state index in [0.717, 1.165) is 24.6 Å². The summed E-state index contributed by atoms with van der Waals surface area (Å²) in [6, 6.07) is 10.6. The Morgan fingerprint density at radius 3 is 2.68 bits per heavy atom. The van der Waals surface area contributed by atoms with Crippen LogP contribution < -0.4 is 10.6 Å². The first-order valence-corrected chi connectivity index (χ1v) is 10.0. The molecule has 28 heavy (non-hydrogen) atoms. The Balaban J connectivity index is 0.00000225. The maximum absolute atomic E-state index is 12.0. The lowest BCUT2D eigenvalue weighted by molar-refractivity contribution is -0.171. The van der Waals surface area contributed by atoms with Crippen molar-refractivity contribution in [3.05, 3.63) is 35.9 Å². The number of nitrogens with one attached hydrogen (secondary N) is 2. The molecule has 154 valence electrons. The van der Waals surface area contributed by atoms with E-state index in [4.69, 9.17) is 9.73 Å². The third-order valence-corrected chi connectivity index (χ3v) is 6.50. The van der Waals surface area contributed by atoms with Gasteiger partial charge in [-0.05, 0) is 24.8 Å². The molecule has 4 rings (SSSR count). The van der Waals surface area contributed by atoms with E-state index in [2.05, 4.69) is 22.8 Å². The number of halogens is 1. The molecule has 3 unspecified atom stereocenters. The van der Waals surface area contributed by atoms with E-state index in [1.54, 1.807) is 19.0 Å². The minimum atomic E-state index is 0. The van der Waals surface area contributed by atoms with Crippen LogP contribution in [0, 0.1) is 11.3 Å². The average Bonchev–Trinajstić information content (AvgIpc) is 3.05. The van der Waals surface area contributed by atoms with E-state index in [9.17, 15) is 4.79 Å². The average molecular weight is 498 g/mol. The predicted molar refractivity (Wildman–Crippen MR) is 121 cm³/mol. The van der Waals surface area contributed by atoms with Crippen LogP contribution >= 0.6 is 24.0 Å². The van der Waals surface area contributed by atoms with Crippen molar-refractivity contribution in [3.8, 4) is 0 Å². The molecule has 0 bridgehead atoms. The normalized spacial score (nSPS) is 27.1. The summed E-state index contributed by atoms with van der Waals surface area (Å²) in [5.74, 6) is 1.34. The second kappa shape index (κ2) is 8.98. The van der Waals surface area contributed by atoms with Crippen LogP contribution in [0.15, 0.2) is 35.3 Å². The zero-order chi connectivity index (χ0) is 18.9. The second-order valence-electron chi connectivity index (χ2n) is 8.24. The minimum Gasteiger partial charge on any atom is -0.377 e. The predicted octanol–water partition coefficient (Wildman–Crippen LogP) is 2.39. The summed E-state index contributed by atoms with van der Waals surface area (Å²) in [4.78, 5) is 18.4. The Morgan fingerprint density at radius 2 is 2.04 bits per heavy atom. The van der Waals surface area contributed by atoms with Crippen LogP contribution in [0.3, 0.4) is 0 Å². The van der Waals surface area contributed by atoms with Crippen molar-refractivity contribution in [3.63, 3.8) is 0 Å². The number of rotatable bonds is 5. The fourth-order valence-corrected chi connectivity index (χ4v) is 4.83. The molecule has 3 fully saturated rings. The zero-order valence-electron chi connectivity index (χ0n) is 16.7. The molecule has 6 nitrogen and oxygen atoms in total. The lowest BCUT2D eigenvalue weighted by atomic mass is 9.46. The van der Waals surface area contributed by atoms with E-state index < -0.39 is 0 Å². The number of carbonyl (C=O) groups is 1. The number of aliphatic imine (C=N–C) groups is 1. The van der Waals surface area contributed by atoms with Gasteiger partial charge in [-0.25, -0.2) is 4.99 Å². The lowest BCUT2D eigenvalue weighted by Crippen LogP contribution is -2.72. The van der Waals surface area contributed by atoms with Gasteiger partial charge < -0.3 is 20.3 Å². The smallest absolute Gasteiger partial charge is 0.241 e. The molecule has 1 heterocycles. The molecule has 2 N–H and O–H groups in total. The van der Waals surface area contributed by atoms with Crippen LogP contribution in [0.25, 0.3) is 0 Å². The summed E-state index contributed by atoms with van der Waals surface area (Å²) in [6.07, 6.45) is 5.28. The van der Waals surface area contributed by atoms with Crippen LogP contribution in [0.5, 0.6) is 0 Å². The van der Waals surface area contributed by atoms with E-state index >= 15 is 0 Å². The molecule has 7 heteroatoms. The monoisotopic (exact) mass is 498 g/mol. The fraction of sp³-hybridized carbons (Fsp3) is 0.619. The van der Waals surface area contributed by atoms with Crippen LogP contribution in [0.1, 0.15) is 31.2 Å². The third kappa shape index (κ3) is 4.01. The highest BCUT2D eigenvalue weighted by Gasteiger charge is 2.66. The van der Waals surface area contributed by atoms with Crippen LogP contribution in [-0.2, 0) is 16.1 Å². The summed E-state index contributed by atoms with van der Waals surface area (Å²) >= 11 is 0. The summed E-state index contributed by atoms with van der Waals surface area (Å²) in [7, 11) is 3.54. The highest BCUT2D eigenvalue weighted by Crippen LogP contribution is 2.62. The number of ether oxygens (including phenoxy) is 1. The molecule has 1 aromatic carbocycles. The SMILES string of the molecule is CN(C)C(=O)CNC(=NCc1ccccc1)NC1C2CCOC2C12CCC2.I.